The highest BCUT2D eigenvalue weighted by Gasteiger charge is 2.18. The van der Waals surface area contributed by atoms with Crippen LogP contribution in [0.1, 0.15) is 0 Å². The first kappa shape index (κ1) is 31.1. The summed E-state index contributed by atoms with van der Waals surface area (Å²) in [6.07, 6.45) is 0. The van der Waals surface area contributed by atoms with Gasteiger partial charge in [-0.2, -0.15) is 0 Å². The second kappa shape index (κ2) is 12.6. The zero-order valence-electron chi connectivity index (χ0n) is 29.8. The van der Waals surface area contributed by atoms with E-state index in [0.717, 1.165) is 72.1 Å². The summed E-state index contributed by atoms with van der Waals surface area (Å²) in [6.45, 7) is 0. The molecule has 8 aromatic carbocycles. The summed E-state index contributed by atoms with van der Waals surface area (Å²) in [6, 6.07) is 68.5. The van der Waals surface area contributed by atoms with E-state index in [9.17, 15) is 0 Å². The molecule has 0 N–H and O–H groups in total. The number of benzene rings is 8. The standard InChI is InChI=1S/C51H32N4/c1-4-14-34(15-5-1)49-40-21-10-12-22-45(40)53-51(54-49)36-26-24-33(25-27-36)37-28-29-46-42(30-37)41-32-48-43(31-44(41)50(52-46)35-16-6-2-7-17-35)39-20-11-13-23-47(39)55(48)38-18-8-3-9-19-38/h1-32H. The summed E-state index contributed by atoms with van der Waals surface area (Å²) in [5.41, 5.74) is 12.7. The largest absolute Gasteiger partial charge is 0.309 e. The van der Waals surface area contributed by atoms with Gasteiger partial charge in [-0.1, -0.05) is 146 Å². The molecule has 4 heteroatoms. The van der Waals surface area contributed by atoms with Crippen LogP contribution in [0.15, 0.2) is 194 Å². The van der Waals surface area contributed by atoms with Crippen LogP contribution in [0, 0.1) is 0 Å². The lowest BCUT2D eigenvalue weighted by Crippen LogP contribution is -1.95. The molecule has 0 saturated carbocycles. The molecule has 0 bridgehead atoms. The van der Waals surface area contributed by atoms with E-state index >= 15 is 0 Å². The van der Waals surface area contributed by atoms with Gasteiger partial charge in [0.2, 0.25) is 0 Å². The number of nitrogens with zero attached hydrogens (tertiary/aromatic N) is 4. The Morgan fingerprint density at radius 3 is 1.62 bits per heavy atom. The first-order valence-electron chi connectivity index (χ1n) is 18.6. The van der Waals surface area contributed by atoms with Crippen LogP contribution in [0.2, 0.25) is 0 Å². The van der Waals surface area contributed by atoms with Crippen molar-refractivity contribution in [3.05, 3.63) is 194 Å². The molecule has 0 radical (unpaired) electrons. The van der Waals surface area contributed by atoms with Gasteiger partial charge in [-0.15, -0.1) is 0 Å². The van der Waals surface area contributed by atoms with Crippen molar-refractivity contribution < 1.29 is 0 Å². The lowest BCUT2D eigenvalue weighted by Gasteiger charge is -2.14. The average molecular weight is 701 g/mol. The summed E-state index contributed by atoms with van der Waals surface area (Å²) in [7, 11) is 0. The summed E-state index contributed by atoms with van der Waals surface area (Å²) < 4.78 is 2.39. The third-order valence-electron chi connectivity index (χ3n) is 10.8. The molecule has 0 spiro atoms. The Kier molecular flexibility index (Phi) is 7.14. The van der Waals surface area contributed by atoms with Gasteiger partial charge in [-0.05, 0) is 65.0 Å². The molecule has 0 fully saturated rings. The second-order valence-electron chi connectivity index (χ2n) is 14.0. The minimum Gasteiger partial charge on any atom is -0.309 e. The van der Waals surface area contributed by atoms with E-state index in [1.54, 1.807) is 0 Å². The second-order valence-corrected chi connectivity index (χ2v) is 14.0. The third-order valence-corrected chi connectivity index (χ3v) is 10.8. The fraction of sp³-hybridized carbons (Fsp3) is 0. The maximum Gasteiger partial charge on any atom is 0.160 e. The van der Waals surface area contributed by atoms with Crippen LogP contribution < -0.4 is 0 Å². The van der Waals surface area contributed by atoms with Crippen LogP contribution in [0.3, 0.4) is 0 Å². The molecule has 0 unspecified atom stereocenters. The van der Waals surface area contributed by atoms with Crippen LogP contribution >= 0.6 is 0 Å². The predicted octanol–water partition coefficient (Wildman–Crippen LogP) is 13.1. The molecule has 0 saturated heterocycles. The van der Waals surface area contributed by atoms with Gasteiger partial charge in [0.1, 0.15) is 0 Å². The van der Waals surface area contributed by atoms with Crippen molar-refractivity contribution in [2.45, 2.75) is 0 Å². The molecule has 0 aliphatic carbocycles. The Hall–Kier alpha value is -7.43. The molecule has 4 nitrogen and oxygen atoms in total. The highest BCUT2D eigenvalue weighted by Crippen LogP contribution is 2.41. The fourth-order valence-corrected chi connectivity index (χ4v) is 8.15. The number of aromatic nitrogens is 4. The predicted molar refractivity (Wildman–Crippen MR) is 228 cm³/mol. The molecule has 256 valence electrons. The molecular formula is C51H32N4. The summed E-state index contributed by atoms with van der Waals surface area (Å²) in [5.74, 6) is 0.712. The molecule has 3 aromatic heterocycles. The van der Waals surface area contributed by atoms with Gasteiger partial charge in [-0.3, -0.25) is 0 Å². The Morgan fingerprint density at radius 1 is 0.291 bits per heavy atom. The van der Waals surface area contributed by atoms with Crippen LogP contribution in [0.4, 0.5) is 0 Å². The number of hydrogen-bond acceptors (Lipinski definition) is 3. The molecule has 0 atom stereocenters. The minimum atomic E-state index is 0.712. The Labute approximate surface area is 317 Å². The van der Waals surface area contributed by atoms with Gasteiger partial charge < -0.3 is 4.57 Å². The summed E-state index contributed by atoms with van der Waals surface area (Å²) >= 11 is 0. The first-order valence-corrected chi connectivity index (χ1v) is 18.6. The Balaban J connectivity index is 1.09. The highest BCUT2D eigenvalue weighted by molar-refractivity contribution is 6.20. The number of rotatable bonds is 5. The number of para-hydroxylation sites is 3. The first-order chi connectivity index (χ1) is 27.3. The SMILES string of the molecule is c1ccc(-c2nc(-c3ccc(-c4ccc5nc(-c6ccccc6)c6cc7c8ccccc8n(-c8ccccc8)c7cc6c5c4)cc3)nc3ccccc23)cc1. The van der Waals surface area contributed by atoms with Crippen LogP contribution in [-0.4, -0.2) is 19.5 Å². The third kappa shape index (κ3) is 5.19. The van der Waals surface area contributed by atoms with Crippen molar-refractivity contribution in [1.29, 1.82) is 0 Å². The molecular weight excluding hydrogens is 669 g/mol. The van der Waals surface area contributed by atoms with Crippen molar-refractivity contribution in [2.24, 2.45) is 0 Å². The van der Waals surface area contributed by atoms with Crippen LogP contribution in [0.25, 0.3) is 105 Å². The lowest BCUT2D eigenvalue weighted by molar-refractivity contribution is 1.18. The van der Waals surface area contributed by atoms with E-state index < -0.39 is 0 Å². The highest BCUT2D eigenvalue weighted by atomic mass is 15.0. The Morgan fingerprint density at radius 2 is 0.873 bits per heavy atom. The van der Waals surface area contributed by atoms with Gasteiger partial charge in [0.15, 0.2) is 5.82 Å². The van der Waals surface area contributed by atoms with E-state index in [2.05, 4.69) is 180 Å². The van der Waals surface area contributed by atoms with Gasteiger partial charge >= 0.3 is 0 Å². The molecule has 0 aliphatic heterocycles. The van der Waals surface area contributed by atoms with E-state index in [0.29, 0.717) is 5.82 Å². The molecule has 3 heterocycles. The number of hydrogen-bond donors (Lipinski definition) is 0. The Bertz CT molecular complexity index is 3220. The van der Waals surface area contributed by atoms with Gasteiger partial charge in [-0.25, -0.2) is 15.0 Å². The number of fused-ring (bicyclic) bond motifs is 7. The van der Waals surface area contributed by atoms with E-state index in [4.69, 9.17) is 15.0 Å². The smallest absolute Gasteiger partial charge is 0.160 e. The minimum absolute atomic E-state index is 0.712. The molecule has 0 amide bonds. The number of pyridine rings is 1. The molecule has 11 aromatic rings. The zero-order valence-corrected chi connectivity index (χ0v) is 29.8. The van der Waals surface area contributed by atoms with Crippen molar-refractivity contribution in [2.75, 3.05) is 0 Å². The topological polar surface area (TPSA) is 43.6 Å². The van der Waals surface area contributed by atoms with Crippen molar-refractivity contribution in [3.63, 3.8) is 0 Å². The maximum absolute atomic E-state index is 5.35. The van der Waals surface area contributed by atoms with Crippen molar-refractivity contribution in [3.8, 4) is 50.7 Å². The van der Waals surface area contributed by atoms with E-state index in [-0.39, 0.29) is 0 Å². The van der Waals surface area contributed by atoms with Crippen LogP contribution in [-0.2, 0) is 0 Å². The van der Waals surface area contributed by atoms with Gasteiger partial charge in [0.25, 0.3) is 0 Å². The monoisotopic (exact) mass is 700 g/mol. The van der Waals surface area contributed by atoms with Crippen molar-refractivity contribution in [1.82, 2.24) is 19.5 Å². The molecule has 11 rings (SSSR count). The average Bonchev–Trinajstić information content (AvgIpc) is 3.59. The fourth-order valence-electron chi connectivity index (χ4n) is 8.15. The van der Waals surface area contributed by atoms with Gasteiger partial charge in [0.05, 0.1) is 33.5 Å². The molecule has 0 aliphatic rings. The van der Waals surface area contributed by atoms with Gasteiger partial charge in [0, 0.05) is 49.3 Å². The molecule has 55 heavy (non-hydrogen) atoms. The quantitative estimate of drug-likeness (QED) is 0.168. The zero-order chi connectivity index (χ0) is 36.3. The normalized spacial score (nSPS) is 11.6. The summed E-state index contributed by atoms with van der Waals surface area (Å²) in [4.78, 5) is 15.4. The maximum atomic E-state index is 5.35. The van der Waals surface area contributed by atoms with E-state index in [1.807, 2.05) is 18.2 Å². The lowest BCUT2D eigenvalue weighted by atomic mass is 9.95. The van der Waals surface area contributed by atoms with Crippen LogP contribution in [0.5, 0.6) is 0 Å². The van der Waals surface area contributed by atoms with Crippen molar-refractivity contribution >= 4 is 54.4 Å². The summed E-state index contributed by atoms with van der Waals surface area (Å²) in [5, 5.41) is 6.91. The van der Waals surface area contributed by atoms with E-state index in [1.165, 1.54) is 27.2 Å².